The van der Waals surface area contributed by atoms with Gasteiger partial charge in [0.25, 0.3) is 16.1 Å². The summed E-state index contributed by atoms with van der Waals surface area (Å²) in [6.07, 6.45) is 4.16. The monoisotopic (exact) mass is 316 g/mol. The topological polar surface area (TPSA) is 98.8 Å². The third-order valence-corrected chi connectivity index (χ3v) is 6.45. The molecule has 3 saturated heterocycles. The first-order chi connectivity index (χ1) is 9.94. The molecule has 0 aromatic heterocycles. The molecular formula is C12H20N4O4S. The molecule has 0 radical (unpaired) electrons. The summed E-state index contributed by atoms with van der Waals surface area (Å²) in [6, 6.07) is -0.547. The largest absolute Gasteiger partial charge is 0.322 e. The molecule has 1 unspecified atom stereocenters. The highest BCUT2D eigenvalue weighted by atomic mass is 32.2. The smallest absolute Gasteiger partial charge is 0.322 e. The second-order valence-electron chi connectivity index (χ2n) is 5.89. The number of carbonyl (C=O) groups is 2. The van der Waals surface area contributed by atoms with Gasteiger partial charge in [0, 0.05) is 26.2 Å². The van der Waals surface area contributed by atoms with Gasteiger partial charge < -0.3 is 5.32 Å². The minimum Gasteiger partial charge on any atom is -0.322 e. The molecule has 0 aromatic rings. The molecule has 8 nitrogen and oxygen atoms in total. The van der Waals surface area contributed by atoms with Crippen molar-refractivity contribution in [1.29, 1.82) is 0 Å². The molecular weight excluding hydrogens is 296 g/mol. The zero-order valence-electron chi connectivity index (χ0n) is 11.8. The number of hydrogen-bond acceptors (Lipinski definition) is 4. The number of imide groups is 1. The van der Waals surface area contributed by atoms with E-state index in [0.717, 1.165) is 25.7 Å². The summed E-state index contributed by atoms with van der Waals surface area (Å²) in [5.41, 5.74) is -1.09. The van der Waals surface area contributed by atoms with Gasteiger partial charge in [-0.15, -0.1) is 0 Å². The summed E-state index contributed by atoms with van der Waals surface area (Å²) in [5.74, 6) is -0.430. The second kappa shape index (κ2) is 5.22. The van der Waals surface area contributed by atoms with Crippen molar-refractivity contribution < 1.29 is 18.0 Å². The fraction of sp³-hybridized carbons (Fsp3) is 0.833. The molecule has 3 fully saturated rings. The van der Waals surface area contributed by atoms with Gasteiger partial charge in [0.1, 0.15) is 5.54 Å². The van der Waals surface area contributed by atoms with E-state index in [1.54, 1.807) is 0 Å². The van der Waals surface area contributed by atoms with Crippen LogP contribution >= 0.6 is 0 Å². The Labute approximate surface area is 124 Å². The molecule has 0 aliphatic carbocycles. The van der Waals surface area contributed by atoms with Gasteiger partial charge in [-0.1, -0.05) is 12.8 Å². The minimum atomic E-state index is -3.55. The quantitative estimate of drug-likeness (QED) is 0.664. The van der Waals surface area contributed by atoms with Crippen molar-refractivity contribution in [2.45, 2.75) is 37.6 Å². The Bertz CT molecular complexity index is 556. The highest BCUT2D eigenvalue weighted by Crippen LogP contribution is 2.28. The lowest BCUT2D eigenvalue weighted by molar-refractivity contribution is -0.123. The van der Waals surface area contributed by atoms with Crippen molar-refractivity contribution in [2.24, 2.45) is 0 Å². The lowest BCUT2D eigenvalue weighted by Gasteiger charge is -2.27. The predicted molar refractivity (Wildman–Crippen MR) is 74.6 cm³/mol. The molecule has 9 heteroatoms. The van der Waals surface area contributed by atoms with Crippen molar-refractivity contribution >= 4 is 22.1 Å². The SMILES string of the molecule is O=C1NC(=O)C2(CCN(S(=O)(=O)N3CCCCCC3)C2)N1. The molecule has 2 N–H and O–H groups in total. The summed E-state index contributed by atoms with van der Waals surface area (Å²) in [4.78, 5) is 23.2. The maximum atomic E-state index is 12.7. The first-order valence-corrected chi connectivity index (χ1v) is 8.73. The number of nitrogens with zero attached hydrogens (tertiary/aromatic N) is 2. The van der Waals surface area contributed by atoms with E-state index in [1.165, 1.54) is 8.61 Å². The van der Waals surface area contributed by atoms with Crippen LogP contribution in [0.5, 0.6) is 0 Å². The first kappa shape index (κ1) is 14.7. The van der Waals surface area contributed by atoms with Crippen LogP contribution in [0.4, 0.5) is 4.79 Å². The maximum absolute atomic E-state index is 12.7. The van der Waals surface area contributed by atoms with Crippen LogP contribution in [0, 0.1) is 0 Å². The Morgan fingerprint density at radius 3 is 2.19 bits per heavy atom. The second-order valence-corrected chi connectivity index (χ2v) is 7.82. The van der Waals surface area contributed by atoms with E-state index in [1.807, 2.05) is 0 Å². The normalized spacial score (nSPS) is 32.2. The number of nitrogens with one attached hydrogen (secondary N) is 2. The van der Waals surface area contributed by atoms with E-state index in [2.05, 4.69) is 10.6 Å². The molecule has 3 heterocycles. The van der Waals surface area contributed by atoms with Gasteiger partial charge in [0.05, 0.1) is 0 Å². The fourth-order valence-electron chi connectivity index (χ4n) is 3.22. The number of rotatable bonds is 2. The summed E-state index contributed by atoms with van der Waals surface area (Å²) in [7, 11) is -3.55. The Balaban J connectivity index is 1.75. The van der Waals surface area contributed by atoms with Crippen LogP contribution in [0.3, 0.4) is 0 Å². The van der Waals surface area contributed by atoms with Crippen molar-refractivity contribution in [1.82, 2.24) is 19.2 Å². The molecule has 21 heavy (non-hydrogen) atoms. The van der Waals surface area contributed by atoms with Gasteiger partial charge >= 0.3 is 6.03 Å². The van der Waals surface area contributed by atoms with Gasteiger partial charge in [-0.05, 0) is 19.3 Å². The van der Waals surface area contributed by atoms with Gasteiger partial charge in [-0.3, -0.25) is 10.1 Å². The van der Waals surface area contributed by atoms with Crippen LogP contribution < -0.4 is 10.6 Å². The highest BCUT2D eigenvalue weighted by molar-refractivity contribution is 7.86. The number of urea groups is 1. The van der Waals surface area contributed by atoms with Crippen LogP contribution in [-0.4, -0.2) is 60.7 Å². The Kier molecular flexibility index (Phi) is 3.66. The summed E-state index contributed by atoms with van der Waals surface area (Å²) >= 11 is 0. The first-order valence-electron chi connectivity index (χ1n) is 7.33. The Hall–Kier alpha value is -1.19. The average molecular weight is 316 g/mol. The standard InChI is InChI=1S/C12H20N4O4S/c17-10-12(14-11(18)13-10)5-8-16(9-12)21(19,20)15-6-3-1-2-4-7-15/h1-9H2,(H2,13,14,17,18). The van der Waals surface area contributed by atoms with Crippen molar-refractivity contribution in [2.75, 3.05) is 26.2 Å². The summed E-state index contributed by atoms with van der Waals surface area (Å²) < 4.78 is 28.2. The summed E-state index contributed by atoms with van der Waals surface area (Å²) in [5, 5.41) is 4.76. The van der Waals surface area contributed by atoms with Gasteiger partial charge in [-0.25, -0.2) is 4.79 Å². The van der Waals surface area contributed by atoms with E-state index in [4.69, 9.17) is 0 Å². The van der Waals surface area contributed by atoms with Gasteiger partial charge in [-0.2, -0.15) is 17.0 Å². The average Bonchev–Trinajstić information content (AvgIpc) is 2.83. The Morgan fingerprint density at radius 1 is 0.952 bits per heavy atom. The lowest BCUT2D eigenvalue weighted by atomic mass is 10.00. The molecule has 1 atom stereocenters. The molecule has 0 aromatic carbocycles. The van der Waals surface area contributed by atoms with Crippen molar-refractivity contribution in [3.05, 3.63) is 0 Å². The number of hydrogen-bond donors (Lipinski definition) is 2. The predicted octanol–water partition coefficient (Wildman–Crippen LogP) is -0.609. The van der Waals surface area contributed by atoms with Crippen LogP contribution in [-0.2, 0) is 15.0 Å². The van der Waals surface area contributed by atoms with Gasteiger partial charge in [0.2, 0.25) is 0 Å². The molecule has 3 amide bonds. The van der Waals surface area contributed by atoms with Crippen LogP contribution in [0.15, 0.2) is 0 Å². The lowest BCUT2D eigenvalue weighted by Crippen LogP contribution is -2.51. The third kappa shape index (κ3) is 2.53. The molecule has 3 rings (SSSR count). The maximum Gasteiger partial charge on any atom is 0.322 e. The van der Waals surface area contributed by atoms with Crippen molar-refractivity contribution in [3.63, 3.8) is 0 Å². The third-order valence-electron chi connectivity index (χ3n) is 4.47. The van der Waals surface area contributed by atoms with E-state index in [0.29, 0.717) is 19.5 Å². The van der Waals surface area contributed by atoms with Crippen LogP contribution in [0.1, 0.15) is 32.1 Å². The van der Waals surface area contributed by atoms with E-state index >= 15 is 0 Å². The molecule has 118 valence electrons. The van der Waals surface area contributed by atoms with E-state index in [9.17, 15) is 18.0 Å². The number of carbonyl (C=O) groups excluding carboxylic acids is 2. The molecule has 0 saturated carbocycles. The Morgan fingerprint density at radius 2 is 1.62 bits per heavy atom. The summed E-state index contributed by atoms with van der Waals surface area (Å²) in [6.45, 7) is 1.34. The van der Waals surface area contributed by atoms with Crippen LogP contribution in [0.25, 0.3) is 0 Å². The molecule has 1 spiro atoms. The zero-order chi connectivity index (χ0) is 15.1. The number of amides is 3. The van der Waals surface area contributed by atoms with E-state index in [-0.39, 0.29) is 13.1 Å². The molecule has 0 bridgehead atoms. The minimum absolute atomic E-state index is 0.0173. The fourth-order valence-corrected chi connectivity index (χ4v) is 4.97. The van der Waals surface area contributed by atoms with Gasteiger partial charge in [0.15, 0.2) is 0 Å². The van der Waals surface area contributed by atoms with Crippen molar-refractivity contribution in [3.8, 4) is 0 Å². The zero-order valence-corrected chi connectivity index (χ0v) is 12.6. The highest BCUT2D eigenvalue weighted by Gasteiger charge is 2.53. The molecule has 3 aliphatic rings. The molecule has 3 aliphatic heterocycles. The van der Waals surface area contributed by atoms with E-state index < -0.39 is 27.7 Å². The van der Waals surface area contributed by atoms with Crippen LogP contribution in [0.2, 0.25) is 0 Å².